The first-order valence-electron chi connectivity index (χ1n) is 12.5. The predicted octanol–water partition coefficient (Wildman–Crippen LogP) is 4.09. The van der Waals surface area contributed by atoms with Gasteiger partial charge in [-0.1, -0.05) is 0 Å². The molecule has 1 N–H and O–H groups in total. The normalized spacial score (nSPS) is 16.7. The van der Waals surface area contributed by atoms with Crippen LogP contribution in [0.1, 0.15) is 36.8 Å². The zero-order valence-electron chi connectivity index (χ0n) is 22.4. The van der Waals surface area contributed by atoms with Crippen LogP contribution < -0.4 is 5.32 Å². The van der Waals surface area contributed by atoms with Gasteiger partial charge < -0.3 is 19.1 Å². The summed E-state index contributed by atoms with van der Waals surface area (Å²) in [5.41, 5.74) is 0.774. The number of nitrogens with one attached hydrogen (secondary N) is 1. The summed E-state index contributed by atoms with van der Waals surface area (Å²) in [6.45, 7) is -0.415. The minimum Gasteiger partial charge on any atom is -0.469 e. The monoisotopic (exact) mass is 571 g/mol. The molecule has 0 spiro atoms. The number of hydrogen-bond donors (Lipinski definition) is 1. The van der Waals surface area contributed by atoms with E-state index in [0.29, 0.717) is 36.8 Å². The molecule has 218 valence electrons. The van der Waals surface area contributed by atoms with Gasteiger partial charge in [-0.15, -0.1) is 4.99 Å². The van der Waals surface area contributed by atoms with Crippen LogP contribution in [0.3, 0.4) is 0 Å². The summed E-state index contributed by atoms with van der Waals surface area (Å²) in [6, 6.07) is 10.7. The summed E-state index contributed by atoms with van der Waals surface area (Å²) in [5, 5.41) is 24.1. The van der Waals surface area contributed by atoms with Crippen LogP contribution in [0, 0.1) is 26.1 Å². The number of aliphatic imine (C=N–C) groups is 1. The second-order valence-corrected chi connectivity index (χ2v) is 9.18. The number of non-ortho nitro benzene ring substituents is 2. The van der Waals surface area contributed by atoms with Crippen molar-refractivity contribution in [3.8, 4) is 0 Å². The van der Waals surface area contributed by atoms with Crippen LogP contribution in [-0.4, -0.2) is 59.1 Å². The van der Waals surface area contributed by atoms with Gasteiger partial charge in [0.05, 0.1) is 22.9 Å². The van der Waals surface area contributed by atoms with E-state index in [1.807, 2.05) is 0 Å². The first-order valence-corrected chi connectivity index (χ1v) is 12.5. The van der Waals surface area contributed by atoms with Gasteiger partial charge in [0.2, 0.25) is 5.96 Å². The number of carbonyl (C=O) groups is 3. The van der Waals surface area contributed by atoms with E-state index in [-0.39, 0.29) is 48.5 Å². The third kappa shape index (κ3) is 8.98. The highest BCUT2D eigenvalue weighted by molar-refractivity contribution is 5.98. The number of guanidine groups is 1. The Labute approximate surface area is 234 Å². The van der Waals surface area contributed by atoms with Crippen LogP contribution >= 0.6 is 0 Å². The van der Waals surface area contributed by atoms with E-state index in [2.05, 4.69) is 10.3 Å². The number of rotatable bonds is 8. The lowest BCUT2D eigenvalue weighted by molar-refractivity contribution is -0.385. The largest absolute Gasteiger partial charge is 0.469 e. The minimum atomic E-state index is -1.02. The van der Waals surface area contributed by atoms with Crippen molar-refractivity contribution in [3.63, 3.8) is 0 Å². The average molecular weight is 572 g/mol. The van der Waals surface area contributed by atoms with Gasteiger partial charge in [0.25, 0.3) is 11.4 Å². The van der Waals surface area contributed by atoms with Crippen LogP contribution in [0.4, 0.5) is 21.0 Å². The zero-order chi connectivity index (χ0) is 29.9. The van der Waals surface area contributed by atoms with Crippen molar-refractivity contribution in [3.05, 3.63) is 79.9 Å². The number of ether oxygens (including phenoxy) is 3. The molecule has 2 amide bonds. The topological polar surface area (TPSA) is 193 Å². The Bertz CT molecular complexity index is 1290. The molecule has 0 saturated heterocycles. The second-order valence-electron chi connectivity index (χ2n) is 9.18. The minimum absolute atomic E-state index is 0.108. The third-order valence-electron chi connectivity index (χ3n) is 6.55. The van der Waals surface area contributed by atoms with Crippen LogP contribution in [0.25, 0.3) is 0 Å². The molecule has 1 saturated carbocycles. The van der Waals surface area contributed by atoms with Crippen molar-refractivity contribution in [1.29, 1.82) is 0 Å². The lowest BCUT2D eigenvalue weighted by Gasteiger charge is -2.35. The number of carbonyl (C=O) groups excluding carboxylic acids is 3. The Balaban J connectivity index is 1.67. The molecule has 1 aliphatic carbocycles. The highest BCUT2D eigenvalue weighted by atomic mass is 16.6. The van der Waals surface area contributed by atoms with E-state index < -0.39 is 22.0 Å². The quantitative estimate of drug-likeness (QED) is 0.120. The van der Waals surface area contributed by atoms with Gasteiger partial charge in [-0.05, 0) is 61.1 Å². The summed E-state index contributed by atoms with van der Waals surface area (Å²) < 4.78 is 15.2. The molecule has 2 aromatic carbocycles. The number of benzene rings is 2. The van der Waals surface area contributed by atoms with E-state index in [4.69, 9.17) is 14.2 Å². The fraction of sp³-hybridized carbons (Fsp3) is 0.385. The average Bonchev–Trinajstić information content (AvgIpc) is 2.98. The van der Waals surface area contributed by atoms with E-state index in [9.17, 15) is 34.6 Å². The highest BCUT2D eigenvalue weighted by Crippen LogP contribution is 2.28. The number of alkyl carbamates (subject to hydrolysis) is 1. The van der Waals surface area contributed by atoms with E-state index >= 15 is 0 Å². The molecule has 0 aliphatic heterocycles. The molecule has 0 bridgehead atoms. The molecule has 15 heteroatoms. The molecular weight excluding hydrogens is 542 g/mol. The molecule has 0 unspecified atom stereocenters. The molecule has 1 aliphatic rings. The van der Waals surface area contributed by atoms with Crippen molar-refractivity contribution in [2.75, 3.05) is 14.2 Å². The molecule has 3 rings (SSSR count). The Morgan fingerprint density at radius 2 is 1.37 bits per heavy atom. The predicted molar refractivity (Wildman–Crippen MR) is 143 cm³/mol. The molecule has 0 heterocycles. The second kappa shape index (κ2) is 14.3. The summed E-state index contributed by atoms with van der Waals surface area (Å²) >= 11 is 0. The summed E-state index contributed by atoms with van der Waals surface area (Å²) in [4.78, 5) is 63.1. The molecule has 0 radical (unpaired) electrons. The fourth-order valence-corrected chi connectivity index (χ4v) is 4.20. The highest BCUT2D eigenvalue weighted by Gasteiger charge is 2.31. The summed E-state index contributed by atoms with van der Waals surface area (Å²) in [7, 11) is 2.96. The molecule has 15 nitrogen and oxygen atoms in total. The first kappa shape index (κ1) is 30.5. The molecular formula is C26H29N5O10. The number of amides is 2. The lowest BCUT2D eigenvalue weighted by Crippen LogP contribution is -2.48. The van der Waals surface area contributed by atoms with Gasteiger partial charge in [0.15, 0.2) is 0 Å². The van der Waals surface area contributed by atoms with Crippen molar-refractivity contribution in [2.45, 2.75) is 44.9 Å². The van der Waals surface area contributed by atoms with Gasteiger partial charge >= 0.3 is 18.2 Å². The van der Waals surface area contributed by atoms with Crippen molar-refractivity contribution in [1.82, 2.24) is 10.2 Å². The fourth-order valence-electron chi connectivity index (χ4n) is 4.20. The van der Waals surface area contributed by atoms with Gasteiger partial charge in [0, 0.05) is 37.4 Å². The van der Waals surface area contributed by atoms with Gasteiger partial charge in [0.1, 0.15) is 13.2 Å². The maximum absolute atomic E-state index is 12.6. The summed E-state index contributed by atoms with van der Waals surface area (Å²) in [6.07, 6.45) is 0.262. The third-order valence-corrected chi connectivity index (χ3v) is 6.55. The van der Waals surface area contributed by atoms with Crippen molar-refractivity contribution < 1.29 is 38.4 Å². The van der Waals surface area contributed by atoms with Gasteiger partial charge in [-0.2, -0.15) is 0 Å². The Morgan fingerprint density at radius 1 is 0.878 bits per heavy atom. The Kier molecular flexibility index (Phi) is 10.7. The maximum atomic E-state index is 12.6. The van der Waals surface area contributed by atoms with E-state index in [0.717, 1.165) is 0 Å². The van der Waals surface area contributed by atoms with Crippen molar-refractivity contribution in [2.24, 2.45) is 10.9 Å². The number of esters is 1. The van der Waals surface area contributed by atoms with Gasteiger partial charge in [-0.25, -0.2) is 9.59 Å². The maximum Gasteiger partial charge on any atom is 0.437 e. The van der Waals surface area contributed by atoms with Crippen molar-refractivity contribution >= 4 is 35.5 Å². The lowest BCUT2D eigenvalue weighted by atomic mass is 9.85. The Hall–Kier alpha value is -5.08. The standard InChI is InChI=1S/C26H29N5O10/c1-29(20-13-7-19(8-14-20)23(32)39-2)24(27-25(33)40-15-17-3-9-21(10-4-17)30(35)36)28-26(34)41-16-18-5-11-22(12-6-18)31(37)38/h3-6,9-12,19-20H,7-8,13-16H2,1-2H3,(H,27,28,33,34)/t19-,20-. The SMILES string of the molecule is COC(=O)[C@H]1CC[C@H](N(C)/C(=N/C(=O)OCc2ccc([N+](=O)[O-])cc2)NC(=O)OCc2ccc([N+](=O)[O-])cc2)CC1. The molecule has 0 atom stereocenters. The number of hydrogen-bond acceptors (Lipinski definition) is 10. The van der Waals surface area contributed by atoms with Crippen LogP contribution in [0.15, 0.2) is 53.5 Å². The first-order chi connectivity index (χ1) is 19.6. The molecule has 2 aromatic rings. The van der Waals surface area contributed by atoms with E-state index in [1.54, 1.807) is 11.9 Å². The molecule has 1 fully saturated rings. The zero-order valence-corrected chi connectivity index (χ0v) is 22.4. The molecule has 0 aromatic heterocycles. The Morgan fingerprint density at radius 3 is 1.83 bits per heavy atom. The molecule has 41 heavy (non-hydrogen) atoms. The van der Waals surface area contributed by atoms with E-state index in [1.165, 1.54) is 55.6 Å². The summed E-state index contributed by atoms with van der Waals surface area (Å²) in [5.74, 6) is -0.673. The smallest absolute Gasteiger partial charge is 0.437 e. The number of nitro groups is 2. The number of nitrogens with zero attached hydrogens (tertiary/aromatic N) is 4. The van der Waals surface area contributed by atoms with Crippen LogP contribution in [0.5, 0.6) is 0 Å². The van der Waals surface area contributed by atoms with Gasteiger partial charge in [-0.3, -0.25) is 30.3 Å². The number of methoxy groups -OCH3 is 1. The van der Waals surface area contributed by atoms with Crippen LogP contribution in [-0.2, 0) is 32.2 Å². The number of nitro benzene ring substituents is 2. The van der Waals surface area contributed by atoms with Crippen LogP contribution in [0.2, 0.25) is 0 Å².